The van der Waals surface area contributed by atoms with Gasteiger partial charge in [-0.3, -0.25) is 9.69 Å². The molecule has 0 saturated carbocycles. The number of hydrogen-bond acceptors (Lipinski definition) is 5. The summed E-state index contributed by atoms with van der Waals surface area (Å²) in [5.74, 6) is 0. The first-order valence-electron chi connectivity index (χ1n) is 12.7. The Balaban J connectivity index is 2.16. The molecular formula is C27H27F9N2O4. The molecule has 2 aromatic carbocycles. The van der Waals surface area contributed by atoms with Crippen LogP contribution in [0.2, 0.25) is 0 Å². The van der Waals surface area contributed by atoms with Crippen LogP contribution in [0.1, 0.15) is 60.0 Å². The molecule has 1 amide bonds. The van der Waals surface area contributed by atoms with Gasteiger partial charge in [0.15, 0.2) is 0 Å². The first kappa shape index (κ1) is 32.9. The third-order valence-electron chi connectivity index (χ3n) is 6.95. The normalized spacial score (nSPS) is 17.5. The van der Waals surface area contributed by atoms with Crippen LogP contribution in [0.5, 0.6) is 0 Å². The molecule has 0 fully saturated rings. The number of methoxy groups -OCH3 is 1. The molecule has 232 valence electrons. The molecule has 0 radical (unpaired) electrons. The number of carbonyl (C=O) groups excluding carboxylic acids is 2. The Morgan fingerprint density at radius 3 is 2.05 bits per heavy atom. The number of ether oxygens (including phenoxy) is 2. The molecule has 2 aromatic rings. The van der Waals surface area contributed by atoms with Crippen molar-refractivity contribution in [1.29, 1.82) is 0 Å². The van der Waals surface area contributed by atoms with Gasteiger partial charge in [0, 0.05) is 24.8 Å². The van der Waals surface area contributed by atoms with Crippen molar-refractivity contribution in [3.05, 3.63) is 64.2 Å². The van der Waals surface area contributed by atoms with Crippen molar-refractivity contribution in [1.82, 2.24) is 4.90 Å². The van der Waals surface area contributed by atoms with Gasteiger partial charge < -0.3 is 14.4 Å². The number of alkyl halides is 9. The van der Waals surface area contributed by atoms with Crippen LogP contribution in [0, 0.1) is 0 Å². The lowest BCUT2D eigenvalue weighted by molar-refractivity contribution is -0.143. The highest BCUT2D eigenvalue weighted by Crippen LogP contribution is 2.45. The highest BCUT2D eigenvalue weighted by molar-refractivity contribution is 5.70. The second-order valence-electron chi connectivity index (χ2n) is 9.61. The first-order chi connectivity index (χ1) is 19.5. The monoisotopic (exact) mass is 614 g/mol. The highest BCUT2D eigenvalue weighted by Gasteiger charge is 2.41. The summed E-state index contributed by atoms with van der Waals surface area (Å²) in [7, 11) is 0.940. The summed E-state index contributed by atoms with van der Waals surface area (Å²) in [4.78, 5) is 26.1. The summed E-state index contributed by atoms with van der Waals surface area (Å²) in [6.07, 6.45) is -15.5. The number of nitrogens with zero attached hydrogens (tertiary/aromatic N) is 2. The van der Waals surface area contributed by atoms with Crippen LogP contribution in [-0.4, -0.2) is 43.8 Å². The summed E-state index contributed by atoms with van der Waals surface area (Å²) in [5, 5.41) is 0. The Morgan fingerprint density at radius 2 is 1.55 bits per heavy atom. The van der Waals surface area contributed by atoms with E-state index < -0.39 is 65.5 Å². The molecule has 0 bridgehead atoms. The molecule has 6 nitrogen and oxygen atoms in total. The number of carbonyl (C=O) groups is 2. The number of hydrogen-bond donors (Lipinski definition) is 0. The summed E-state index contributed by atoms with van der Waals surface area (Å²) < 4.78 is 132. The van der Waals surface area contributed by atoms with Crippen molar-refractivity contribution in [2.75, 3.05) is 25.2 Å². The minimum Gasteiger partial charge on any atom is -0.468 e. The topological polar surface area (TPSA) is 59.1 Å². The number of amides is 1. The maximum absolute atomic E-state index is 13.7. The molecule has 2 atom stereocenters. The number of fused-ring (bicyclic) bond motifs is 1. The molecule has 0 N–H and O–H groups in total. The zero-order valence-corrected chi connectivity index (χ0v) is 22.4. The lowest BCUT2D eigenvalue weighted by atomic mass is 9.87. The first-order valence-corrected chi connectivity index (χ1v) is 12.7. The Labute approximate surface area is 235 Å². The second kappa shape index (κ2) is 12.7. The molecule has 42 heavy (non-hydrogen) atoms. The number of anilines is 1. The average Bonchev–Trinajstić information content (AvgIpc) is 2.91. The van der Waals surface area contributed by atoms with Gasteiger partial charge >= 0.3 is 24.6 Å². The molecule has 1 aliphatic heterocycles. The van der Waals surface area contributed by atoms with Crippen LogP contribution >= 0.6 is 0 Å². The quantitative estimate of drug-likeness (QED) is 0.165. The van der Waals surface area contributed by atoms with Crippen LogP contribution in [0.4, 0.5) is 50.0 Å². The lowest BCUT2D eigenvalue weighted by Gasteiger charge is -2.45. The fourth-order valence-electron chi connectivity index (χ4n) is 5.05. The Morgan fingerprint density at radius 1 is 0.952 bits per heavy atom. The Kier molecular flexibility index (Phi) is 9.93. The van der Waals surface area contributed by atoms with Crippen molar-refractivity contribution >= 4 is 18.3 Å². The van der Waals surface area contributed by atoms with E-state index in [-0.39, 0.29) is 43.4 Å². The SMILES string of the molecule is CCC1CC(N(Cc2cc(C(F)(F)F)cc(C(F)(F)F)c2)C(=O)OC)c2cc(C(F)(F)F)ccc2N1CCCOC=O. The highest BCUT2D eigenvalue weighted by atomic mass is 19.4. The Hall–Kier alpha value is -3.65. The molecule has 1 aliphatic rings. The number of halogens is 9. The second-order valence-corrected chi connectivity index (χ2v) is 9.61. The number of benzene rings is 2. The molecule has 2 unspecified atom stereocenters. The summed E-state index contributed by atoms with van der Waals surface area (Å²) in [5.41, 5.74) is -4.54. The predicted octanol–water partition coefficient (Wildman–Crippen LogP) is 7.60. The maximum Gasteiger partial charge on any atom is 0.416 e. The van der Waals surface area contributed by atoms with E-state index in [2.05, 4.69) is 0 Å². The van der Waals surface area contributed by atoms with E-state index >= 15 is 0 Å². The third-order valence-corrected chi connectivity index (χ3v) is 6.95. The van der Waals surface area contributed by atoms with Crippen molar-refractivity contribution in [3.8, 4) is 0 Å². The van der Waals surface area contributed by atoms with E-state index in [0.29, 0.717) is 25.0 Å². The Bertz CT molecular complexity index is 1230. The maximum atomic E-state index is 13.7. The molecule has 3 rings (SSSR count). The van der Waals surface area contributed by atoms with Gasteiger partial charge in [-0.25, -0.2) is 4.79 Å². The van der Waals surface area contributed by atoms with E-state index in [0.717, 1.165) is 24.1 Å². The van der Waals surface area contributed by atoms with Crippen LogP contribution < -0.4 is 4.90 Å². The minimum absolute atomic E-state index is 0.0143. The molecule has 15 heteroatoms. The molecule has 0 saturated heterocycles. The summed E-state index contributed by atoms with van der Waals surface area (Å²) in [6.45, 7) is 1.49. The van der Waals surface area contributed by atoms with Crippen LogP contribution in [0.25, 0.3) is 0 Å². The minimum atomic E-state index is -5.15. The van der Waals surface area contributed by atoms with E-state index in [1.54, 1.807) is 11.8 Å². The zero-order valence-electron chi connectivity index (χ0n) is 22.4. The molecule has 1 heterocycles. The standard InChI is InChI=1S/C27H27F9N2O4/c1-3-20-13-23(21-12-17(25(28,29)30)5-6-22(21)37(20)7-4-8-42-15-39)38(24(40)41-2)14-16-9-18(26(31,32)33)11-19(10-16)27(34,35)36/h5-6,9-12,15,20,23H,3-4,7-8,13-14H2,1-2H3. The smallest absolute Gasteiger partial charge is 0.416 e. The van der Waals surface area contributed by atoms with Gasteiger partial charge in [-0.2, -0.15) is 39.5 Å². The van der Waals surface area contributed by atoms with Crippen molar-refractivity contribution in [3.63, 3.8) is 0 Å². The van der Waals surface area contributed by atoms with Crippen molar-refractivity contribution in [2.45, 2.75) is 63.3 Å². The molecule has 0 spiro atoms. The summed E-state index contributed by atoms with van der Waals surface area (Å²) in [6, 6.07) is 2.10. The van der Waals surface area contributed by atoms with Crippen molar-refractivity contribution in [2.24, 2.45) is 0 Å². The molecule has 0 aromatic heterocycles. The van der Waals surface area contributed by atoms with Gasteiger partial charge in [0.1, 0.15) is 0 Å². The zero-order chi connectivity index (χ0) is 31.5. The third kappa shape index (κ3) is 7.59. The molecule has 0 aliphatic carbocycles. The largest absolute Gasteiger partial charge is 0.468 e. The fraction of sp³-hybridized carbons (Fsp3) is 0.481. The van der Waals surface area contributed by atoms with E-state index in [9.17, 15) is 49.1 Å². The van der Waals surface area contributed by atoms with Gasteiger partial charge in [-0.15, -0.1) is 0 Å². The lowest BCUT2D eigenvalue weighted by Crippen LogP contribution is -2.46. The van der Waals surface area contributed by atoms with Gasteiger partial charge in [-0.1, -0.05) is 6.92 Å². The van der Waals surface area contributed by atoms with Crippen molar-refractivity contribution < 1.29 is 58.6 Å². The fourth-order valence-corrected chi connectivity index (χ4v) is 5.05. The van der Waals surface area contributed by atoms with Gasteiger partial charge in [0.25, 0.3) is 6.47 Å². The van der Waals surface area contributed by atoms with E-state index in [4.69, 9.17) is 9.47 Å². The predicted molar refractivity (Wildman–Crippen MR) is 131 cm³/mol. The molecular weight excluding hydrogens is 587 g/mol. The van der Waals surface area contributed by atoms with Crippen LogP contribution in [0.15, 0.2) is 36.4 Å². The number of rotatable bonds is 9. The van der Waals surface area contributed by atoms with Gasteiger partial charge in [0.05, 0.1) is 36.4 Å². The average molecular weight is 615 g/mol. The summed E-state index contributed by atoms with van der Waals surface area (Å²) >= 11 is 0. The van der Waals surface area contributed by atoms with E-state index in [1.165, 1.54) is 6.07 Å². The van der Waals surface area contributed by atoms with Crippen LogP contribution in [-0.2, 0) is 39.3 Å². The van der Waals surface area contributed by atoms with Crippen LogP contribution in [0.3, 0.4) is 0 Å². The van der Waals surface area contributed by atoms with Gasteiger partial charge in [-0.05, 0) is 66.8 Å². The van der Waals surface area contributed by atoms with Gasteiger partial charge in [0.2, 0.25) is 0 Å². The van der Waals surface area contributed by atoms with E-state index in [1.807, 2.05) is 0 Å².